The smallest absolute Gasteiger partial charge is 0.237 e. The molecule has 0 atom stereocenters. The molecule has 0 radical (unpaired) electrons. The molecule has 0 unspecified atom stereocenters. The Balaban J connectivity index is 1.72. The third-order valence-corrected chi connectivity index (χ3v) is 6.34. The zero-order chi connectivity index (χ0) is 17.1. The Hall–Kier alpha value is -1.30. The topological polar surface area (TPSA) is 33.2 Å². The molecule has 0 spiro atoms. The second kappa shape index (κ2) is 7.72. The molecule has 126 valence electrons. The quantitative estimate of drug-likeness (QED) is 0.684. The van der Waals surface area contributed by atoms with Crippen LogP contribution in [0.1, 0.15) is 29.5 Å². The van der Waals surface area contributed by atoms with E-state index in [0.29, 0.717) is 10.8 Å². The Labute approximate surface area is 155 Å². The van der Waals surface area contributed by atoms with Gasteiger partial charge in [0.05, 0.1) is 22.2 Å². The minimum absolute atomic E-state index is 0.0921. The fourth-order valence-electron chi connectivity index (χ4n) is 2.81. The summed E-state index contributed by atoms with van der Waals surface area (Å²) in [6.45, 7) is 4.77. The Morgan fingerprint density at radius 3 is 3.12 bits per heavy atom. The third kappa shape index (κ3) is 3.68. The first-order chi connectivity index (χ1) is 11.6. The van der Waals surface area contributed by atoms with Crippen LogP contribution in [0.25, 0.3) is 6.08 Å². The first kappa shape index (κ1) is 17.5. The highest BCUT2D eigenvalue weighted by Gasteiger charge is 2.25. The van der Waals surface area contributed by atoms with Crippen LogP contribution in [0.3, 0.4) is 0 Å². The number of hydrogen-bond donors (Lipinski definition) is 0. The zero-order valence-electron chi connectivity index (χ0n) is 13.7. The summed E-state index contributed by atoms with van der Waals surface area (Å²) in [6, 6.07) is 5.86. The number of thioether (sulfide) groups is 1. The number of rotatable bonds is 4. The van der Waals surface area contributed by atoms with Crippen molar-refractivity contribution in [3.63, 3.8) is 0 Å². The highest BCUT2D eigenvalue weighted by molar-refractivity contribution is 8.01. The molecule has 3 rings (SSSR count). The van der Waals surface area contributed by atoms with Crippen molar-refractivity contribution in [1.29, 1.82) is 0 Å². The molecule has 0 fully saturated rings. The lowest BCUT2D eigenvalue weighted by Gasteiger charge is -2.30. The molecule has 1 aliphatic heterocycles. The van der Waals surface area contributed by atoms with Gasteiger partial charge in [0, 0.05) is 11.4 Å². The first-order valence-electron chi connectivity index (χ1n) is 7.91. The van der Waals surface area contributed by atoms with Crippen LogP contribution in [0.15, 0.2) is 28.6 Å². The third-order valence-electron chi connectivity index (χ3n) is 3.93. The average molecular weight is 379 g/mol. The Morgan fingerprint density at radius 2 is 2.33 bits per heavy atom. The van der Waals surface area contributed by atoms with Gasteiger partial charge in [-0.05, 0) is 44.4 Å². The van der Waals surface area contributed by atoms with Crippen LogP contribution in [0, 0.1) is 6.92 Å². The molecule has 24 heavy (non-hydrogen) atoms. The van der Waals surface area contributed by atoms with Crippen molar-refractivity contribution in [2.24, 2.45) is 0 Å². The van der Waals surface area contributed by atoms with Gasteiger partial charge in [0.25, 0.3) is 0 Å². The van der Waals surface area contributed by atoms with Crippen LogP contribution in [0.5, 0.6) is 0 Å². The lowest BCUT2D eigenvalue weighted by Crippen LogP contribution is -2.36. The van der Waals surface area contributed by atoms with E-state index in [1.807, 2.05) is 36.1 Å². The van der Waals surface area contributed by atoms with Crippen molar-refractivity contribution in [2.45, 2.75) is 31.0 Å². The molecule has 1 aromatic heterocycles. The van der Waals surface area contributed by atoms with Crippen LogP contribution >= 0.6 is 34.7 Å². The summed E-state index contributed by atoms with van der Waals surface area (Å²) in [7, 11) is 0. The van der Waals surface area contributed by atoms with Crippen molar-refractivity contribution >= 4 is 52.4 Å². The van der Waals surface area contributed by atoms with Gasteiger partial charge in [-0.25, -0.2) is 4.98 Å². The number of benzene rings is 1. The SMILES string of the molecule is C/C=C\c1nc(SCC(=O)N2CCCc3cccc(Cl)c32)sc1C. The van der Waals surface area contributed by atoms with Gasteiger partial charge in [0.2, 0.25) is 5.91 Å². The predicted octanol–water partition coefficient (Wildman–Crippen LogP) is 5.21. The molecule has 1 aliphatic rings. The molecule has 0 saturated heterocycles. The van der Waals surface area contributed by atoms with Gasteiger partial charge in [-0.2, -0.15) is 0 Å². The number of aryl methyl sites for hydroxylation is 2. The van der Waals surface area contributed by atoms with Gasteiger partial charge in [-0.1, -0.05) is 41.6 Å². The fourth-order valence-corrected chi connectivity index (χ4v) is 5.09. The van der Waals surface area contributed by atoms with E-state index >= 15 is 0 Å². The van der Waals surface area contributed by atoms with Gasteiger partial charge in [-0.15, -0.1) is 11.3 Å². The number of carbonyl (C=O) groups excluding carboxylic acids is 1. The summed E-state index contributed by atoms with van der Waals surface area (Å²) < 4.78 is 0.936. The maximum Gasteiger partial charge on any atom is 0.237 e. The number of fused-ring (bicyclic) bond motifs is 1. The van der Waals surface area contributed by atoms with Crippen molar-refractivity contribution in [1.82, 2.24) is 4.98 Å². The Kier molecular flexibility index (Phi) is 5.64. The number of allylic oxidation sites excluding steroid dienone is 1. The summed E-state index contributed by atoms with van der Waals surface area (Å²) in [6.07, 6.45) is 5.93. The Bertz CT molecular complexity index is 785. The zero-order valence-corrected chi connectivity index (χ0v) is 16.1. The van der Waals surface area contributed by atoms with Crippen LogP contribution in [0.4, 0.5) is 5.69 Å². The molecule has 2 aromatic rings. The van der Waals surface area contributed by atoms with Gasteiger partial charge in [0.15, 0.2) is 4.34 Å². The standard InChI is InChI=1S/C18H19ClN2OS2/c1-3-6-15-12(2)24-18(20-15)23-11-16(22)21-10-5-8-13-7-4-9-14(19)17(13)21/h3-4,6-7,9H,5,8,10-11H2,1-2H3/b6-3-. The van der Waals surface area contributed by atoms with Crippen LogP contribution in [-0.2, 0) is 11.2 Å². The summed E-state index contributed by atoms with van der Waals surface area (Å²) in [5.41, 5.74) is 3.04. The average Bonchev–Trinajstić information content (AvgIpc) is 2.93. The van der Waals surface area contributed by atoms with Gasteiger partial charge in [-0.3, -0.25) is 4.79 Å². The number of amides is 1. The number of anilines is 1. The maximum absolute atomic E-state index is 12.7. The van der Waals surface area contributed by atoms with Crippen molar-refractivity contribution in [3.8, 4) is 0 Å². The molecule has 2 heterocycles. The second-order valence-corrected chi connectivity index (χ2v) is 8.44. The summed E-state index contributed by atoms with van der Waals surface area (Å²) in [4.78, 5) is 20.3. The minimum atomic E-state index is 0.0921. The molecule has 0 N–H and O–H groups in total. The van der Waals surface area contributed by atoms with Crippen molar-refractivity contribution in [3.05, 3.63) is 45.4 Å². The van der Waals surface area contributed by atoms with E-state index in [4.69, 9.17) is 11.6 Å². The number of nitrogens with zero attached hydrogens (tertiary/aromatic N) is 2. The van der Waals surface area contributed by atoms with Crippen LogP contribution in [0.2, 0.25) is 5.02 Å². The van der Waals surface area contributed by atoms with E-state index in [1.54, 1.807) is 11.3 Å². The van der Waals surface area contributed by atoms with Crippen LogP contribution in [-0.4, -0.2) is 23.2 Å². The van der Waals surface area contributed by atoms with E-state index in [-0.39, 0.29) is 5.91 Å². The number of carbonyl (C=O) groups is 1. The highest BCUT2D eigenvalue weighted by atomic mass is 35.5. The molecule has 0 saturated carbocycles. The molecular formula is C18H19ClN2OS2. The number of aromatic nitrogens is 1. The summed E-state index contributed by atoms with van der Waals surface area (Å²) >= 11 is 9.48. The van der Waals surface area contributed by atoms with E-state index in [1.165, 1.54) is 16.6 Å². The number of thiazole rings is 1. The van der Waals surface area contributed by atoms with Gasteiger partial charge in [0.1, 0.15) is 0 Å². The van der Waals surface area contributed by atoms with Crippen molar-refractivity contribution < 1.29 is 4.79 Å². The number of para-hydroxylation sites is 1. The Morgan fingerprint density at radius 1 is 1.50 bits per heavy atom. The summed E-state index contributed by atoms with van der Waals surface area (Å²) in [5, 5.41) is 0.658. The number of halogens is 1. The van der Waals surface area contributed by atoms with Crippen LogP contribution < -0.4 is 4.90 Å². The summed E-state index contributed by atoms with van der Waals surface area (Å²) in [5.74, 6) is 0.474. The monoisotopic (exact) mass is 378 g/mol. The molecule has 3 nitrogen and oxygen atoms in total. The predicted molar refractivity (Wildman–Crippen MR) is 104 cm³/mol. The molecular weight excluding hydrogens is 360 g/mol. The molecule has 1 amide bonds. The largest absolute Gasteiger partial charge is 0.310 e. The van der Waals surface area contributed by atoms with E-state index in [9.17, 15) is 4.79 Å². The fraction of sp³-hybridized carbons (Fsp3) is 0.333. The van der Waals surface area contributed by atoms with Crippen molar-refractivity contribution in [2.75, 3.05) is 17.2 Å². The molecule has 0 aliphatic carbocycles. The molecule has 0 bridgehead atoms. The lowest BCUT2D eigenvalue weighted by molar-refractivity contribution is -0.116. The minimum Gasteiger partial charge on any atom is -0.310 e. The molecule has 6 heteroatoms. The van der Waals surface area contributed by atoms with E-state index in [2.05, 4.69) is 18.0 Å². The van der Waals surface area contributed by atoms with E-state index in [0.717, 1.165) is 40.7 Å². The molecule has 1 aromatic carbocycles. The van der Waals surface area contributed by atoms with Gasteiger partial charge >= 0.3 is 0 Å². The van der Waals surface area contributed by atoms with E-state index < -0.39 is 0 Å². The first-order valence-corrected chi connectivity index (χ1v) is 10.1. The van der Waals surface area contributed by atoms with Gasteiger partial charge < -0.3 is 4.90 Å². The second-order valence-electron chi connectivity index (χ2n) is 5.61. The normalized spacial score (nSPS) is 14.2. The number of hydrogen-bond acceptors (Lipinski definition) is 4. The highest BCUT2D eigenvalue weighted by Crippen LogP contribution is 2.35. The maximum atomic E-state index is 12.7. The lowest BCUT2D eigenvalue weighted by atomic mass is 10.0.